The van der Waals surface area contributed by atoms with Gasteiger partial charge in [0.1, 0.15) is 12.1 Å². The number of carboxylic acid groups (broad SMARTS) is 1. The average Bonchev–Trinajstić information content (AvgIpc) is 3.03. The van der Waals surface area contributed by atoms with Gasteiger partial charge in [-0.25, -0.2) is 4.79 Å². The maximum Gasteiger partial charge on any atom is 0.326 e. The van der Waals surface area contributed by atoms with Crippen molar-refractivity contribution in [3.8, 4) is 0 Å². The van der Waals surface area contributed by atoms with Crippen molar-refractivity contribution >= 4 is 17.8 Å². The summed E-state index contributed by atoms with van der Waals surface area (Å²) < 4.78 is 5.05. The Labute approximate surface area is 142 Å². The van der Waals surface area contributed by atoms with E-state index in [1.807, 2.05) is 0 Å². The van der Waals surface area contributed by atoms with Gasteiger partial charge >= 0.3 is 11.9 Å². The van der Waals surface area contributed by atoms with Crippen molar-refractivity contribution in [3.05, 3.63) is 0 Å². The van der Waals surface area contributed by atoms with Crippen molar-refractivity contribution in [1.82, 2.24) is 10.2 Å². The third-order valence-electron chi connectivity index (χ3n) is 4.16. The zero-order chi connectivity index (χ0) is 18.1. The van der Waals surface area contributed by atoms with Crippen LogP contribution >= 0.6 is 0 Å². The standard InChI is InChI=1S/C16H29N3O5/c1-3-24-16(23)12(7-4-5-9-17)18-11(2)14(20)19-10-6-8-13(19)15(21)22/h11-13,18H,3-10,17H2,1-2H3,(H,21,22)/t11-,12+,13+/m1/s1. The Balaban J connectivity index is 2.67. The average molecular weight is 343 g/mol. The van der Waals surface area contributed by atoms with E-state index in [-0.39, 0.29) is 12.5 Å². The van der Waals surface area contributed by atoms with Crippen molar-refractivity contribution in [2.24, 2.45) is 5.73 Å². The van der Waals surface area contributed by atoms with Crippen LogP contribution in [0.3, 0.4) is 0 Å². The molecule has 0 aromatic rings. The van der Waals surface area contributed by atoms with Crippen LogP contribution in [0.2, 0.25) is 0 Å². The third-order valence-corrected chi connectivity index (χ3v) is 4.16. The molecule has 1 rings (SSSR count). The predicted molar refractivity (Wildman–Crippen MR) is 88.3 cm³/mol. The molecule has 0 saturated carbocycles. The first-order valence-corrected chi connectivity index (χ1v) is 8.58. The Hall–Kier alpha value is -1.67. The molecule has 1 aliphatic heterocycles. The van der Waals surface area contributed by atoms with Crippen LogP contribution in [-0.4, -0.2) is 65.7 Å². The summed E-state index contributed by atoms with van der Waals surface area (Å²) in [4.78, 5) is 37.2. The second-order valence-electron chi connectivity index (χ2n) is 6.01. The normalized spacial score (nSPS) is 19.8. The number of aliphatic carboxylic acids is 1. The fourth-order valence-corrected chi connectivity index (χ4v) is 2.91. The number of carboxylic acids is 1. The van der Waals surface area contributed by atoms with Crippen LogP contribution in [0, 0.1) is 0 Å². The molecule has 0 aromatic carbocycles. The number of nitrogens with one attached hydrogen (secondary N) is 1. The van der Waals surface area contributed by atoms with Gasteiger partial charge in [-0.05, 0) is 46.1 Å². The first-order valence-electron chi connectivity index (χ1n) is 8.58. The molecule has 0 spiro atoms. The lowest BCUT2D eigenvalue weighted by molar-refractivity contribution is -0.150. The van der Waals surface area contributed by atoms with E-state index in [0.29, 0.717) is 32.4 Å². The van der Waals surface area contributed by atoms with Gasteiger partial charge in [0, 0.05) is 6.54 Å². The first kappa shape index (κ1) is 20.4. The molecule has 0 bridgehead atoms. The molecular formula is C16H29N3O5. The molecule has 1 heterocycles. The molecule has 0 aromatic heterocycles. The summed E-state index contributed by atoms with van der Waals surface area (Å²) >= 11 is 0. The number of carbonyl (C=O) groups excluding carboxylic acids is 2. The summed E-state index contributed by atoms with van der Waals surface area (Å²) in [5, 5.41) is 12.2. The minimum atomic E-state index is -0.988. The fourth-order valence-electron chi connectivity index (χ4n) is 2.91. The van der Waals surface area contributed by atoms with Crippen molar-refractivity contribution in [3.63, 3.8) is 0 Å². The van der Waals surface area contributed by atoms with Crippen LogP contribution < -0.4 is 11.1 Å². The Kier molecular flexibility index (Phi) is 8.70. The molecule has 8 heteroatoms. The minimum Gasteiger partial charge on any atom is -0.480 e. The molecule has 8 nitrogen and oxygen atoms in total. The van der Waals surface area contributed by atoms with Crippen LogP contribution in [-0.2, 0) is 19.1 Å². The Morgan fingerprint density at radius 1 is 1.38 bits per heavy atom. The lowest BCUT2D eigenvalue weighted by Crippen LogP contribution is -2.53. The molecule has 1 aliphatic rings. The summed E-state index contributed by atoms with van der Waals surface area (Å²) in [6, 6.07) is -2.03. The summed E-state index contributed by atoms with van der Waals surface area (Å²) in [7, 11) is 0. The molecular weight excluding hydrogens is 314 g/mol. The van der Waals surface area contributed by atoms with Gasteiger partial charge in [0.25, 0.3) is 0 Å². The summed E-state index contributed by atoms with van der Waals surface area (Å²) in [6.07, 6.45) is 3.19. The van der Waals surface area contributed by atoms with E-state index in [0.717, 1.165) is 12.8 Å². The minimum absolute atomic E-state index is 0.267. The van der Waals surface area contributed by atoms with Crippen LogP contribution in [0.5, 0.6) is 0 Å². The van der Waals surface area contributed by atoms with Gasteiger partial charge in [-0.1, -0.05) is 6.42 Å². The number of ether oxygens (including phenoxy) is 1. The van der Waals surface area contributed by atoms with E-state index in [1.54, 1.807) is 13.8 Å². The highest BCUT2D eigenvalue weighted by atomic mass is 16.5. The van der Waals surface area contributed by atoms with E-state index in [1.165, 1.54) is 4.90 Å². The number of carbonyl (C=O) groups is 3. The van der Waals surface area contributed by atoms with Gasteiger partial charge in [0.05, 0.1) is 12.6 Å². The van der Waals surface area contributed by atoms with Gasteiger partial charge in [-0.15, -0.1) is 0 Å². The van der Waals surface area contributed by atoms with Crippen LogP contribution in [0.1, 0.15) is 46.0 Å². The molecule has 3 atom stereocenters. The number of nitrogens with zero attached hydrogens (tertiary/aromatic N) is 1. The van der Waals surface area contributed by atoms with Crippen molar-refractivity contribution < 1.29 is 24.2 Å². The molecule has 1 amide bonds. The molecule has 1 fully saturated rings. The van der Waals surface area contributed by atoms with Crippen LogP contribution in [0.15, 0.2) is 0 Å². The van der Waals surface area contributed by atoms with Crippen molar-refractivity contribution in [1.29, 1.82) is 0 Å². The smallest absolute Gasteiger partial charge is 0.326 e. The zero-order valence-corrected chi connectivity index (χ0v) is 14.5. The van der Waals surface area contributed by atoms with E-state index in [4.69, 9.17) is 10.5 Å². The van der Waals surface area contributed by atoms with E-state index in [2.05, 4.69) is 5.32 Å². The Morgan fingerprint density at radius 3 is 2.67 bits per heavy atom. The van der Waals surface area contributed by atoms with Crippen LogP contribution in [0.4, 0.5) is 0 Å². The molecule has 0 aliphatic carbocycles. The highest BCUT2D eigenvalue weighted by Crippen LogP contribution is 2.18. The number of nitrogens with two attached hydrogens (primary N) is 1. The number of esters is 1. The quantitative estimate of drug-likeness (QED) is 0.380. The molecule has 1 saturated heterocycles. The first-order chi connectivity index (χ1) is 11.4. The third kappa shape index (κ3) is 5.76. The van der Waals surface area contributed by atoms with Gasteiger partial charge in [0.15, 0.2) is 0 Å². The Bertz CT molecular complexity index is 443. The summed E-state index contributed by atoms with van der Waals surface area (Å²) in [6.45, 7) is 4.61. The van der Waals surface area contributed by atoms with Gasteiger partial charge in [-0.2, -0.15) is 0 Å². The van der Waals surface area contributed by atoms with Gasteiger partial charge < -0.3 is 20.5 Å². The molecule has 24 heavy (non-hydrogen) atoms. The van der Waals surface area contributed by atoms with Gasteiger partial charge in [0.2, 0.25) is 5.91 Å². The monoisotopic (exact) mass is 343 g/mol. The number of hydrogen-bond acceptors (Lipinski definition) is 6. The zero-order valence-electron chi connectivity index (χ0n) is 14.5. The number of rotatable bonds is 10. The summed E-state index contributed by atoms with van der Waals surface area (Å²) in [5.41, 5.74) is 5.47. The highest BCUT2D eigenvalue weighted by molar-refractivity contribution is 5.88. The van der Waals surface area contributed by atoms with Crippen molar-refractivity contribution in [2.45, 2.75) is 64.1 Å². The highest BCUT2D eigenvalue weighted by Gasteiger charge is 2.36. The molecule has 0 radical (unpaired) electrons. The molecule has 4 N–H and O–H groups in total. The van der Waals surface area contributed by atoms with Gasteiger partial charge in [-0.3, -0.25) is 14.9 Å². The van der Waals surface area contributed by atoms with E-state index in [9.17, 15) is 19.5 Å². The molecule has 0 unspecified atom stereocenters. The lowest BCUT2D eigenvalue weighted by atomic mass is 10.1. The van der Waals surface area contributed by atoms with Crippen LogP contribution in [0.25, 0.3) is 0 Å². The Morgan fingerprint density at radius 2 is 2.08 bits per heavy atom. The van der Waals surface area contributed by atoms with Crippen molar-refractivity contribution in [2.75, 3.05) is 19.7 Å². The van der Waals surface area contributed by atoms with E-state index < -0.39 is 30.1 Å². The largest absolute Gasteiger partial charge is 0.480 e. The number of hydrogen-bond donors (Lipinski definition) is 3. The number of likely N-dealkylation sites (tertiary alicyclic amines) is 1. The predicted octanol–water partition coefficient (Wildman–Crippen LogP) is 0.101. The molecule has 138 valence electrons. The lowest BCUT2D eigenvalue weighted by Gasteiger charge is -2.27. The maximum atomic E-state index is 12.5. The topological polar surface area (TPSA) is 122 Å². The van der Waals surface area contributed by atoms with E-state index >= 15 is 0 Å². The maximum absolute atomic E-state index is 12.5. The fraction of sp³-hybridized carbons (Fsp3) is 0.812. The second-order valence-corrected chi connectivity index (χ2v) is 6.01. The SMILES string of the molecule is CCOC(=O)[C@H](CCCCN)N[C@H](C)C(=O)N1CCC[C@H]1C(=O)O. The summed E-state index contributed by atoms with van der Waals surface area (Å²) in [5.74, 6) is -1.68. The number of amides is 1. The second kappa shape index (κ2) is 10.2. The number of unbranched alkanes of at least 4 members (excludes halogenated alkanes) is 1.